The summed E-state index contributed by atoms with van der Waals surface area (Å²) in [4.78, 5) is 33.8. The van der Waals surface area contributed by atoms with Crippen LogP contribution < -0.4 is 10.9 Å². The van der Waals surface area contributed by atoms with Crippen molar-refractivity contribution < 1.29 is 18.0 Å². The molecule has 0 aliphatic heterocycles. The number of nitrogens with one attached hydrogen (secondary N) is 1. The second-order valence-electron chi connectivity index (χ2n) is 6.91. The maximum absolute atomic E-state index is 12.8. The SMILES string of the molecule is O=C(Nc1nc(-c2ccccn2)cs1)c1cc(Br)c(=O)n(Cc2ccc(C(F)(F)F)cc2)c1. The van der Waals surface area contributed by atoms with Crippen molar-refractivity contribution in [3.63, 3.8) is 0 Å². The lowest BCUT2D eigenvalue weighted by Crippen LogP contribution is -2.24. The van der Waals surface area contributed by atoms with E-state index in [0.29, 0.717) is 22.1 Å². The summed E-state index contributed by atoms with van der Waals surface area (Å²) in [5.74, 6) is -0.487. The molecule has 3 heterocycles. The van der Waals surface area contributed by atoms with E-state index in [0.717, 1.165) is 12.1 Å². The number of hydrogen-bond acceptors (Lipinski definition) is 5. The van der Waals surface area contributed by atoms with Gasteiger partial charge < -0.3 is 4.57 Å². The Hall–Kier alpha value is -3.31. The molecule has 11 heteroatoms. The van der Waals surface area contributed by atoms with E-state index in [2.05, 4.69) is 31.2 Å². The van der Waals surface area contributed by atoms with E-state index < -0.39 is 23.2 Å². The molecule has 4 rings (SSSR count). The van der Waals surface area contributed by atoms with E-state index in [1.165, 1.54) is 40.3 Å². The van der Waals surface area contributed by atoms with E-state index in [1.54, 1.807) is 23.7 Å². The van der Waals surface area contributed by atoms with Crippen LogP contribution in [0.1, 0.15) is 21.5 Å². The van der Waals surface area contributed by atoms with Crippen LogP contribution >= 0.6 is 27.3 Å². The predicted octanol–water partition coefficient (Wildman–Crippen LogP) is 5.45. The Bertz CT molecular complexity index is 1350. The molecule has 1 N–H and O–H groups in total. The maximum Gasteiger partial charge on any atom is 0.416 e. The van der Waals surface area contributed by atoms with Crippen molar-refractivity contribution >= 4 is 38.3 Å². The molecule has 3 aromatic heterocycles. The number of carbonyl (C=O) groups is 1. The number of anilines is 1. The van der Waals surface area contributed by atoms with Crippen molar-refractivity contribution in [1.29, 1.82) is 0 Å². The molecular formula is C22H14BrF3N4O2S. The second-order valence-corrected chi connectivity index (χ2v) is 8.62. The Morgan fingerprint density at radius 1 is 1.12 bits per heavy atom. The number of pyridine rings is 2. The van der Waals surface area contributed by atoms with Crippen LogP contribution in [0.5, 0.6) is 0 Å². The summed E-state index contributed by atoms with van der Waals surface area (Å²) in [6, 6.07) is 11.3. The number of nitrogens with zero attached hydrogens (tertiary/aromatic N) is 3. The third-order valence-electron chi connectivity index (χ3n) is 4.59. The topological polar surface area (TPSA) is 76.9 Å². The maximum atomic E-state index is 12.8. The van der Waals surface area contributed by atoms with Gasteiger partial charge in [-0.15, -0.1) is 11.3 Å². The highest BCUT2D eigenvalue weighted by Crippen LogP contribution is 2.29. The molecular weight excluding hydrogens is 521 g/mol. The minimum Gasteiger partial charge on any atom is -0.309 e. The lowest BCUT2D eigenvalue weighted by atomic mass is 10.1. The molecule has 33 heavy (non-hydrogen) atoms. The van der Waals surface area contributed by atoms with Crippen LogP contribution in [0, 0.1) is 0 Å². The van der Waals surface area contributed by atoms with Gasteiger partial charge in [0.15, 0.2) is 5.13 Å². The first-order chi connectivity index (χ1) is 15.7. The first-order valence-corrected chi connectivity index (χ1v) is 11.1. The fourth-order valence-corrected chi connectivity index (χ4v) is 4.14. The van der Waals surface area contributed by atoms with Crippen LogP contribution in [0.15, 0.2) is 75.6 Å². The monoisotopic (exact) mass is 534 g/mol. The highest BCUT2D eigenvalue weighted by molar-refractivity contribution is 9.10. The molecule has 168 valence electrons. The molecule has 0 radical (unpaired) electrons. The molecule has 0 unspecified atom stereocenters. The molecule has 0 saturated carbocycles. The summed E-state index contributed by atoms with van der Waals surface area (Å²) in [7, 11) is 0. The average Bonchev–Trinajstić information content (AvgIpc) is 3.25. The average molecular weight is 535 g/mol. The van der Waals surface area contributed by atoms with Crippen LogP contribution in [0.2, 0.25) is 0 Å². The highest BCUT2D eigenvalue weighted by atomic mass is 79.9. The standard InChI is InChI=1S/C22H14BrF3N4O2S/c23-16-9-14(19(31)29-21-28-18(12-33-21)17-3-1-2-8-27-17)11-30(20(16)32)10-13-4-6-15(7-5-13)22(24,25)26/h1-9,11-12H,10H2,(H,28,29,31). The summed E-state index contributed by atoms with van der Waals surface area (Å²) in [6.07, 6.45) is -1.44. The van der Waals surface area contributed by atoms with E-state index in [9.17, 15) is 22.8 Å². The van der Waals surface area contributed by atoms with E-state index in [4.69, 9.17) is 0 Å². The van der Waals surface area contributed by atoms with E-state index in [-0.39, 0.29) is 16.6 Å². The summed E-state index contributed by atoms with van der Waals surface area (Å²) < 4.78 is 39.7. The molecule has 0 saturated heterocycles. The van der Waals surface area contributed by atoms with Gasteiger partial charge in [0.25, 0.3) is 11.5 Å². The Kier molecular flexibility index (Phi) is 6.43. The zero-order valence-electron chi connectivity index (χ0n) is 16.6. The van der Waals surface area contributed by atoms with Crippen molar-refractivity contribution in [3.8, 4) is 11.4 Å². The van der Waals surface area contributed by atoms with Crippen LogP contribution in [0.25, 0.3) is 11.4 Å². The zero-order chi connectivity index (χ0) is 23.6. The number of rotatable bonds is 5. The molecule has 1 aromatic carbocycles. The first-order valence-electron chi connectivity index (χ1n) is 9.45. The van der Waals surface area contributed by atoms with Crippen molar-refractivity contribution in [1.82, 2.24) is 14.5 Å². The minimum absolute atomic E-state index is 0.00222. The summed E-state index contributed by atoms with van der Waals surface area (Å²) in [6.45, 7) is -0.00222. The van der Waals surface area contributed by atoms with Crippen molar-refractivity contribution in [2.45, 2.75) is 12.7 Å². The van der Waals surface area contributed by atoms with Crippen LogP contribution in [0.3, 0.4) is 0 Å². The Balaban J connectivity index is 1.54. The Morgan fingerprint density at radius 3 is 2.55 bits per heavy atom. The van der Waals surface area contributed by atoms with Gasteiger partial charge in [-0.2, -0.15) is 13.2 Å². The van der Waals surface area contributed by atoms with Gasteiger partial charge in [-0.05, 0) is 51.8 Å². The molecule has 6 nitrogen and oxygen atoms in total. The number of halogens is 4. The molecule has 1 amide bonds. The van der Waals surface area contributed by atoms with Crippen molar-refractivity contribution in [2.75, 3.05) is 5.32 Å². The third-order valence-corrected chi connectivity index (χ3v) is 5.92. The van der Waals surface area contributed by atoms with Gasteiger partial charge in [-0.25, -0.2) is 4.98 Å². The zero-order valence-corrected chi connectivity index (χ0v) is 19.0. The molecule has 0 fully saturated rings. The van der Waals surface area contributed by atoms with Crippen molar-refractivity contribution in [3.05, 3.63) is 97.8 Å². The number of carbonyl (C=O) groups excluding carboxylic acids is 1. The normalized spacial score (nSPS) is 11.4. The quantitative estimate of drug-likeness (QED) is 0.369. The molecule has 0 aliphatic carbocycles. The lowest BCUT2D eigenvalue weighted by molar-refractivity contribution is -0.137. The number of thiazole rings is 1. The fraction of sp³-hybridized carbons (Fsp3) is 0.0909. The molecule has 0 aliphatic rings. The van der Waals surface area contributed by atoms with Gasteiger partial charge in [0.05, 0.1) is 27.8 Å². The second kappa shape index (κ2) is 9.28. The third kappa shape index (κ3) is 5.37. The van der Waals surface area contributed by atoms with Gasteiger partial charge >= 0.3 is 6.18 Å². The van der Waals surface area contributed by atoms with Crippen LogP contribution in [0.4, 0.5) is 18.3 Å². The van der Waals surface area contributed by atoms with Crippen LogP contribution in [-0.4, -0.2) is 20.4 Å². The molecule has 0 atom stereocenters. The smallest absolute Gasteiger partial charge is 0.309 e. The van der Waals surface area contributed by atoms with Crippen LogP contribution in [-0.2, 0) is 12.7 Å². The fourth-order valence-electron chi connectivity index (χ4n) is 2.97. The Labute approximate surface area is 197 Å². The molecule has 0 bridgehead atoms. The largest absolute Gasteiger partial charge is 0.416 e. The molecule has 4 aromatic rings. The lowest BCUT2D eigenvalue weighted by Gasteiger charge is -2.11. The summed E-state index contributed by atoms with van der Waals surface area (Å²) in [5, 5.41) is 4.81. The van der Waals surface area contributed by atoms with Gasteiger partial charge in [0.2, 0.25) is 0 Å². The van der Waals surface area contributed by atoms with Gasteiger partial charge in [-0.3, -0.25) is 19.9 Å². The molecule has 0 spiro atoms. The van der Waals surface area contributed by atoms with Gasteiger partial charge in [-0.1, -0.05) is 18.2 Å². The number of hydrogen-bond donors (Lipinski definition) is 1. The minimum atomic E-state index is -4.44. The predicted molar refractivity (Wildman–Crippen MR) is 122 cm³/mol. The van der Waals surface area contributed by atoms with Crippen molar-refractivity contribution in [2.24, 2.45) is 0 Å². The number of benzene rings is 1. The van der Waals surface area contributed by atoms with Gasteiger partial charge in [0.1, 0.15) is 5.69 Å². The summed E-state index contributed by atoms with van der Waals surface area (Å²) in [5.41, 5.74) is 0.753. The Morgan fingerprint density at radius 2 is 1.88 bits per heavy atom. The number of aromatic nitrogens is 3. The summed E-state index contributed by atoms with van der Waals surface area (Å²) >= 11 is 4.38. The number of amides is 1. The first kappa shape index (κ1) is 22.9. The van der Waals surface area contributed by atoms with E-state index in [1.807, 2.05) is 6.07 Å². The van der Waals surface area contributed by atoms with Gasteiger partial charge in [0, 0.05) is 17.8 Å². The number of alkyl halides is 3. The highest BCUT2D eigenvalue weighted by Gasteiger charge is 2.29. The van der Waals surface area contributed by atoms with E-state index >= 15 is 0 Å².